The lowest BCUT2D eigenvalue weighted by Gasteiger charge is -2.12. The van der Waals surface area contributed by atoms with Crippen molar-refractivity contribution in [1.29, 1.82) is 0 Å². The van der Waals surface area contributed by atoms with Crippen molar-refractivity contribution in [1.82, 2.24) is 4.98 Å². The molecule has 5 N–H and O–H groups in total. The maximum Gasteiger partial charge on any atom is 0.323 e. The second-order valence-corrected chi connectivity index (χ2v) is 7.94. The van der Waals surface area contributed by atoms with Crippen molar-refractivity contribution in [2.24, 2.45) is 0 Å². The second-order valence-electron chi connectivity index (χ2n) is 7.94. The number of hydrogen-bond donors (Lipinski definition) is 5. The van der Waals surface area contributed by atoms with Crippen LogP contribution in [0.15, 0.2) is 72.9 Å². The van der Waals surface area contributed by atoms with E-state index in [1.807, 2.05) is 24.3 Å². The van der Waals surface area contributed by atoms with Crippen LogP contribution in [0.4, 0.5) is 46.4 Å². The van der Waals surface area contributed by atoms with Gasteiger partial charge in [0.25, 0.3) is 5.91 Å². The van der Waals surface area contributed by atoms with Gasteiger partial charge in [0.1, 0.15) is 0 Å². The summed E-state index contributed by atoms with van der Waals surface area (Å²) in [6.45, 7) is 0. The van der Waals surface area contributed by atoms with Crippen LogP contribution in [0.5, 0.6) is 0 Å². The van der Waals surface area contributed by atoms with Crippen LogP contribution in [0.3, 0.4) is 0 Å². The molecular weight excluding hydrogens is 471 g/mol. The maximum absolute atomic E-state index is 13.4. The summed E-state index contributed by atoms with van der Waals surface area (Å²) >= 11 is 0. The molecule has 0 atom stereocenters. The molecule has 2 heterocycles. The Morgan fingerprint density at radius 1 is 0.806 bits per heavy atom. The van der Waals surface area contributed by atoms with Crippen LogP contribution in [0.25, 0.3) is 11.6 Å². The molecule has 10 heteroatoms. The Labute approximate surface area is 203 Å². The third-order valence-corrected chi connectivity index (χ3v) is 5.38. The molecule has 180 valence electrons. The van der Waals surface area contributed by atoms with E-state index in [9.17, 15) is 22.8 Å². The van der Waals surface area contributed by atoms with Crippen molar-refractivity contribution in [3.05, 3.63) is 102 Å². The molecule has 0 aliphatic carbocycles. The van der Waals surface area contributed by atoms with Crippen molar-refractivity contribution in [3.63, 3.8) is 0 Å². The number of halogens is 3. The number of amides is 3. The maximum atomic E-state index is 13.4. The van der Waals surface area contributed by atoms with Crippen LogP contribution < -0.4 is 21.3 Å². The topological polar surface area (TPSA) is 98.1 Å². The summed E-state index contributed by atoms with van der Waals surface area (Å²) in [5.41, 5.74) is 4.31. The van der Waals surface area contributed by atoms with E-state index in [0.29, 0.717) is 40.5 Å². The van der Waals surface area contributed by atoms with Crippen molar-refractivity contribution in [3.8, 4) is 0 Å². The van der Waals surface area contributed by atoms with Gasteiger partial charge in [-0.15, -0.1) is 0 Å². The Bertz CT molecular complexity index is 1490. The lowest BCUT2D eigenvalue weighted by molar-refractivity contribution is -0.110. The van der Waals surface area contributed by atoms with E-state index in [0.717, 1.165) is 11.3 Å². The summed E-state index contributed by atoms with van der Waals surface area (Å²) in [5.74, 6) is -4.63. The molecule has 0 radical (unpaired) electrons. The molecule has 0 unspecified atom stereocenters. The Morgan fingerprint density at radius 3 is 2.28 bits per heavy atom. The number of nitrogens with one attached hydrogen (secondary N) is 5. The lowest BCUT2D eigenvalue weighted by atomic mass is 10.1. The zero-order valence-electron chi connectivity index (χ0n) is 18.5. The van der Waals surface area contributed by atoms with E-state index in [4.69, 9.17) is 0 Å². The second kappa shape index (κ2) is 9.34. The van der Waals surface area contributed by atoms with Gasteiger partial charge >= 0.3 is 6.03 Å². The summed E-state index contributed by atoms with van der Waals surface area (Å²) < 4.78 is 39.8. The Balaban J connectivity index is 1.28. The van der Waals surface area contributed by atoms with Gasteiger partial charge in [-0.3, -0.25) is 4.79 Å². The van der Waals surface area contributed by atoms with E-state index in [1.54, 1.807) is 42.6 Å². The molecule has 1 aliphatic heterocycles. The first kappa shape index (κ1) is 22.8. The summed E-state index contributed by atoms with van der Waals surface area (Å²) in [6, 6.07) is 16.5. The van der Waals surface area contributed by atoms with Crippen LogP contribution in [0, 0.1) is 17.5 Å². The lowest BCUT2D eigenvalue weighted by Crippen LogP contribution is -2.19. The minimum absolute atomic E-state index is 0.199. The van der Waals surface area contributed by atoms with Gasteiger partial charge in [-0.05, 0) is 48.5 Å². The highest BCUT2D eigenvalue weighted by molar-refractivity contribution is 6.35. The average Bonchev–Trinajstić information content (AvgIpc) is 3.45. The van der Waals surface area contributed by atoms with Gasteiger partial charge in [0, 0.05) is 52.3 Å². The molecule has 4 aromatic rings. The van der Waals surface area contributed by atoms with Crippen LogP contribution in [-0.2, 0) is 4.79 Å². The number of H-pyrrole nitrogens is 1. The van der Waals surface area contributed by atoms with Crippen molar-refractivity contribution >= 4 is 52.0 Å². The SMILES string of the molecule is O=C(Nc1cccc(Nc2ccc3c(c2)NC(=O)/C3=C\c2ccc[nH]2)c1)Nc1cc(F)c(F)c(F)c1. The van der Waals surface area contributed by atoms with Gasteiger partial charge in [0.2, 0.25) is 0 Å². The van der Waals surface area contributed by atoms with E-state index in [1.165, 1.54) is 0 Å². The van der Waals surface area contributed by atoms with Crippen LogP contribution in [0.2, 0.25) is 0 Å². The molecule has 7 nitrogen and oxygen atoms in total. The van der Waals surface area contributed by atoms with Gasteiger partial charge in [-0.25, -0.2) is 18.0 Å². The van der Waals surface area contributed by atoms with Crippen molar-refractivity contribution < 1.29 is 22.8 Å². The normalized spacial score (nSPS) is 13.3. The molecule has 3 aromatic carbocycles. The summed E-state index contributed by atoms with van der Waals surface area (Å²) in [4.78, 5) is 27.7. The number of aromatic nitrogens is 1. The molecule has 0 fully saturated rings. The third kappa shape index (κ3) is 4.78. The van der Waals surface area contributed by atoms with Crippen LogP contribution >= 0.6 is 0 Å². The van der Waals surface area contributed by atoms with Gasteiger partial charge in [-0.2, -0.15) is 0 Å². The number of carbonyl (C=O) groups excluding carboxylic acids is 2. The van der Waals surface area contributed by atoms with Crippen LogP contribution in [-0.4, -0.2) is 16.9 Å². The Morgan fingerprint density at radius 2 is 1.53 bits per heavy atom. The molecule has 1 aromatic heterocycles. The Kier molecular flexibility index (Phi) is 5.91. The Hall–Kier alpha value is -4.99. The summed E-state index contributed by atoms with van der Waals surface area (Å²) in [7, 11) is 0. The van der Waals surface area contributed by atoms with Gasteiger partial charge in [0.05, 0.1) is 11.3 Å². The highest BCUT2D eigenvalue weighted by atomic mass is 19.2. The number of carbonyl (C=O) groups is 2. The number of benzene rings is 3. The van der Waals surface area contributed by atoms with Crippen molar-refractivity contribution in [2.45, 2.75) is 0 Å². The molecular formula is C26H18F3N5O2. The van der Waals surface area contributed by atoms with Gasteiger partial charge in [0.15, 0.2) is 17.5 Å². The molecule has 0 saturated heterocycles. The predicted octanol–water partition coefficient (Wildman–Crippen LogP) is 6.31. The number of aromatic amines is 1. The molecule has 1 aliphatic rings. The molecule has 0 bridgehead atoms. The molecule has 0 spiro atoms. The molecule has 36 heavy (non-hydrogen) atoms. The van der Waals surface area contributed by atoms with Crippen molar-refractivity contribution in [2.75, 3.05) is 21.3 Å². The number of anilines is 5. The van der Waals surface area contributed by atoms with Gasteiger partial charge < -0.3 is 26.3 Å². The largest absolute Gasteiger partial charge is 0.362 e. The van der Waals surface area contributed by atoms with E-state index in [-0.39, 0.29) is 11.6 Å². The highest BCUT2D eigenvalue weighted by Gasteiger charge is 2.24. The first-order valence-corrected chi connectivity index (χ1v) is 10.8. The van der Waals surface area contributed by atoms with Gasteiger partial charge in [-0.1, -0.05) is 12.1 Å². The number of fused-ring (bicyclic) bond motifs is 1. The first-order valence-electron chi connectivity index (χ1n) is 10.8. The fraction of sp³-hybridized carbons (Fsp3) is 0. The zero-order valence-corrected chi connectivity index (χ0v) is 18.5. The summed E-state index contributed by atoms with van der Waals surface area (Å²) in [6.07, 6.45) is 3.56. The third-order valence-electron chi connectivity index (χ3n) is 5.38. The predicted molar refractivity (Wildman–Crippen MR) is 132 cm³/mol. The number of rotatable bonds is 5. The quantitative estimate of drug-likeness (QED) is 0.168. The smallest absolute Gasteiger partial charge is 0.323 e. The standard InChI is InChI=1S/C26H18F3N5O2/c27-21-11-18(12-22(28)24(21)29)33-26(36)32-16-4-1-3-15(9-16)31-17-6-7-19-20(10-14-5-2-8-30-14)25(35)34-23(19)13-17/h1-13,30-31H,(H,34,35)(H2,32,33,36)/b20-10-. The van der Waals surface area contributed by atoms with E-state index < -0.39 is 23.5 Å². The first-order chi connectivity index (χ1) is 17.4. The molecule has 5 rings (SSSR count). The minimum Gasteiger partial charge on any atom is -0.362 e. The molecule has 3 amide bonds. The van der Waals surface area contributed by atoms with Crippen LogP contribution in [0.1, 0.15) is 11.3 Å². The fourth-order valence-electron chi connectivity index (χ4n) is 3.77. The summed E-state index contributed by atoms with van der Waals surface area (Å²) in [5, 5.41) is 10.9. The zero-order chi connectivity index (χ0) is 25.2. The van der Waals surface area contributed by atoms with E-state index in [2.05, 4.69) is 26.3 Å². The number of hydrogen-bond acceptors (Lipinski definition) is 3. The highest BCUT2D eigenvalue weighted by Crippen LogP contribution is 2.35. The fourth-order valence-corrected chi connectivity index (χ4v) is 3.77. The monoisotopic (exact) mass is 489 g/mol. The average molecular weight is 489 g/mol. The minimum atomic E-state index is -1.61. The van der Waals surface area contributed by atoms with E-state index >= 15 is 0 Å². The number of urea groups is 1. The molecule has 0 saturated carbocycles.